The molecule has 22 heavy (non-hydrogen) atoms. The van der Waals surface area contributed by atoms with E-state index in [2.05, 4.69) is 10.6 Å². The Kier molecular flexibility index (Phi) is 7.91. The SMILES string of the molecule is CC(C)C(NC(=O)c1ccc(Cl)cc1)C(=O)NCCCCN. The van der Waals surface area contributed by atoms with Gasteiger partial charge in [-0.25, -0.2) is 0 Å². The van der Waals surface area contributed by atoms with E-state index in [0.717, 1.165) is 12.8 Å². The van der Waals surface area contributed by atoms with Crippen molar-refractivity contribution in [2.24, 2.45) is 11.7 Å². The number of carbonyl (C=O) groups excluding carboxylic acids is 2. The molecule has 1 aromatic carbocycles. The molecule has 0 radical (unpaired) electrons. The fourth-order valence-electron chi connectivity index (χ4n) is 1.95. The third kappa shape index (κ3) is 6.03. The Morgan fingerprint density at radius 3 is 2.36 bits per heavy atom. The number of benzene rings is 1. The predicted octanol–water partition coefficient (Wildman–Crippen LogP) is 1.95. The summed E-state index contributed by atoms with van der Waals surface area (Å²) in [5.74, 6) is -0.465. The first-order valence-corrected chi connectivity index (χ1v) is 7.87. The minimum absolute atomic E-state index is 0.00856. The molecule has 0 saturated carbocycles. The smallest absolute Gasteiger partial charge is 0.251 e. The zero-order chi connectivity index (χ0) is 16.5. The Bertz CT molecular complexity index is 489. The van der Waals surface area contributed by atoms with Gasteiger partial charge in [0.05, 0.1) is 0 Å². The summed E-state index contributed by atoms with van der Waals surface area (Å²) >= 11 is 5.80. The summed E-state index contributed by atoms with van der Waals surface area (Å²) in [7, 11) is 0. The van der Waals surface area contributed by atoms with Gasteiger partial charge < -0.3 is 16.4 Å². The quantitative estimate of drug-likeness (QED) is 0.639. The Morgan fingerprint density at radius 1 is 1.18 bits per heavy atom. The average Bonchev–Trinajstić information content (AvgIpc) is 2.49. The maximum Gasteiger partial charge on any atom is 0.251 e. The van der Waals surface area contributed by atoms with E-state index in [9.17, 15) is 9.59 Å². The van der Waals surface area contributed by atoms with E-state index in [4.69, 9.17) is 17.3 Å². The van der Waals surface area contributed by atoms with Crippen LogP contribution in [0.2, 0.25) is 5.02 Å². The van der Waals surface area contributed by atoms with Crippen molar-refractivity contribution in [1.29, 1.82) is 0 Å². The van der Waals surface area contributed by atoms with Crippen molar-refractivity contribution in [1.82, 2.24) is 10.6 Å². The number of nitrogens with two attached hydrogens (primary N) is 1. The summed E-state index contributed by atoms with van der Waals surface area (Å²) in [5, 5.41) is 6.17. The molecule has 0 spiro atoms. The maximum atomic E-state index is 12.2. The van der Waals surface area contributed by atoms with Crippen molar-refractivity contribution in [3.05, 3.63) is 34.9 Å². The normalized spacial score (nSPS) is 12.0. The Hall–Kier alpha value is -1.59. The zero-order valence-electron chi connectivity index (χ0n) is 13.1. The standard InChI is InChI=1S/C16H24ClN3O2/c1-11(2)14(16(22)19-10-4-3-9-18)20-15(21)12-5-7-13(17)8-6-12/h5-8,11,14H,3-4,9-10,18H2,1-2H3,(H,19,22)(H,20,21). The second kappa shape index (κ2) is 9.43. The van der Waals surface area contributed by atoms with Crippen LogP contribution in [0.3, 0.4) is 0 Å². The van der Waals surface area contributed by atoms with Crippen LogP contribution < -0.4 is 16.4 Å². The lowest BCUT2D eigenvalue weighted by atomic mass is 10.0. The number of hydrogen-bond acceptors (Lipinski definition) is 3. The van der Waals surface area contributed by atoms with Gasteiger partial charge in [0, 0.05) is 17.1 Å². The van der Waals surface area contributed by atoms with Gasteiger partial charge in [-0.3, -0.25) is 9.59 Å². The van der Waals surface area contributed by atoms with Gasteiger partial charge in [-0.15, -0.1) is 0 Å². The number of nitrogens with one attached hydrogen (secondary N) is 2. The minimum Gasteiger partial charge on any atom is -0.354 e. The monoisotopic (exact) mass is 325 g/mol. The fraction of sp³-hybridized carbons (Fsp3) is 0.500. The summed E-state index contributed by atoms with van der Waals surface area (Å²) in [6.45, 7) is 4.96. The number of carbonyl (C=O) groups is 2. The molecular formula is C16H24ClN3O2. The molecule has 0 fully saturated rings. The van der Waals surface area contributed by atoms with Crippen LogP contribution in [0, 0.1) is 5.92 Å². The fourth-order valence-corrected chi connectivity index (χ4v) is 2.08. The number of amides is 2. The highest BCUT2D eigenvalue weighted by Crippen LogP contribution is 2.10. The van der Waals surface area contributed by atoms with Crippen LogP contribution in [0.5, 0.6) is 0 Å². The van der Waals surface area contributed by atoms with Crippen molar-refractivity contribution >= 4 is 23.4 Å². The minimum atomic E-state index is -0.568. The van der Waals surface area contributed by atoms with Gasteiger partial charge in [-0.1, -0.05) is 25.4 Å². The van der Waals surface area contributed by atoms with Crippen LogP contribution in [0.25, 0.3) is 0 Å². The molecular weight excluding hydrogens is 302 g/mol. The van der Waals surface area contributed by atoms with E-state index < -0.39 is 6.04 Å². The van der Waals surface area contributed by atoms with Crippen molar-refractivity contribution in [3.8, 4) is 0 Å². The van der Waals surface area contributed by atoms with Crippen molar-refractivity contribution < 1.29 is 9.59 Å². The largest absolute Gasteiger partial charge is 0.354 e. The van der Waals surface area contributed by atoms with Crippen molar-refractivity contribution in [3.63, 3.8) is 0 Å². The summed E-state index contributed by atoms with van der Waals surface area (Å²) in [4.78, 5) is 24.4. The molecule has 0 saturated heterocycles. The van der Waals surface area contributed by atoms with E-state index in [1.165, 1.54) is 0 Å². The number of unbranched alkanes of at least 4 members (excludes halogenated alkanes) is 1. The molecule has 2 amide bonds. The van der Waals surface area contributed by atoms with E-state index in [0.29, 0.717) is 23.7 Å². The lowest BCUT2D eigenvalue weighted by Crippen LogP contribution is -2.49. The van der Waals surface area contributed by atoms with E-state index >= 15 is 0 Å². The molecule has 4 N–H and O–H groups in total. The second-order valence-electron chi connectivity index (χ2n) is 5.49. The summed E-state index contributed by atoms with van der Waals surface area (Å²) < 4.78 is 0. The summed E-state index contributed by atoms with van der Waals surface area (Å²) in [6, 6.07) is 5.99. The second-order valence-corrected chi connectivity index (χ2v) is 5.93. The van der Waals surface area contributed by atoms with Gasteiger partial charge in [0.15, 0.2) is 0 Å². The van der Waals surface area contributed by atoms with Crippen LogP contribution in [0.15, 0.2) is 24.3 Å². The average molecular weight is 326 g/mol. The molecule has 1 rings (SSSR count). The van der Waals surface area contributed by atoms with Crippen LogP contribution in [0.4, 0.5) is 0 Å². The Balaban J connectivity index is 2.61. The first kappa shape index (κ1) is 18.5. The number of hydrogen-bond donors (Lipinski definition) is 3. The molecule has 1 aromatic rings. The van der Waals surface area contributed by atoms with E-state index in [1.807, 2.05) is 13.8 Å². The highest BCUT2D eigenvalue weighted by Gasteiger charge is 2.24. The highest BCUT2D eigenvalue weighted by molar-refractivity contribution is 6.30. The summed E-state index contributed by atoms with van der Waals surface area (Å²) in [5.41, 5.74) is 5.89. The molecule has 122 valence electrons. The van der Waals surface area contributed by atoms with Crippen molar-refractivity contribution in [2.45, 2.75) is 32.7 Å². The number of rotatable bonds is 8. The Labute approximate surface area is 136 Å². The molecule has 6 heteroatoms. The molecule has 0 aliphatic carbocycles. The molecule has 0 bridgehead atoms. The maximum absolute atomic E-state index is 12.2. The molecule has 0 aromatic heterocycles. The zero-order valence-corrected chi connectivity index (χ0v) is 13.8. The predicted molar refractivity (Wildman–Crippen MR) is 88.8 cm³/mol. The third-order valence-corrected chi connectivity index (χ3v) is 3.52. The molecule has 0 heterocycles. The van der Waals surface area contributed by atoms with Gasteiger partial charge in [-0.2, -0.15) is 0 Å². The molecule has 0 aliphatic heterocycles. The lowest BCUT2D eigenvalue weighted by Gasteiger charge is -2.21. The van der Waals surface area contributed by atoms with Gasteiger partial charge in [0.25, 0.3) is 5.91 Å². The number of halogens is 1. The first-order chi connectivity index (χ1) is 10.5. The summed E-state index contributed by atoms with van der Waals surface area (Å²) in [6.07, 6.45) is 1.70. The van der Waals surface area contributed by atoms with E-state index in [1.54, 1.807) is 24.3 Å². The molecule has 1 unspecified atom stereocenters. The molecule has 0 aliphatic rings. The van der Waals surface area contributed by atoms with Gasteiger partial charge in [0.1, 0.15) is 6.04 Å². The van der Waals surface area contributed by atoms with E-state index in [-0.39, 0.29) is 17.7 Å². The molecule has 1 atom stereocenters. The van der Waals surface area contributed by atoms with Gasteiger partial charge in [-0.05, 0) is 49.6 Å². The first-order valence-electron chi connectivity index (χ1n) is 7.50. The topological polar surface area (TPSA) is 84.2 Å². The molecule has 5 nitrogen and oxygen atoms in total. The van der Waals surface area contributed by atoms with Gasteiger partial charge in [0.2, 0.25) is 5.91 Å². The lowest BCUT2D eigenvalue weighted by molar-refractivity contribution is -0.123. The Morgan fingerprint density at radius 2 is 1.82 bits per heavy atom. The van der Waals surface area contributed by atoms with Crippen LogP contribution in [-0.4, -0.2) is 30.9 Å². The van der Waals surface area contributed by atoms with Crippen LogP contribution in [0.1, 0.15) is 37.0 Å². The van der Waals surface area contributed by atoms with Crippen molar-refractivity contribution in [2.75, 3.05) is 13.1 Å². The van der Waals surface area contributed by atoms with Crippen LogP contribution >= 0.6 is 11.6 Å². The van der Waals surface area contributed by atoms with Crippen LogP contribution in [-0.2, 0) is 4.79 Å². The third-order valence-electron chi connectivity index (χ3n) is 3.27. The van der Waals surface area contributed by atoms with Gasteiger partial charge >= 0.3 is 0 Å². The highest BCUT2D eigenvalue weighted by atomic mass is 35.5.